The van der Waals surface area contributed by atoms with Crippen LogP contribution in [0.25, 0.3) is 0 Å². The van der Waals surface area contributed by atoms with Crippen LogP contribution >= 0.6 is 0 Å². The summed E-state index contributed by atoms with van der Waals surface area (Å²) >= 11 is 0. The summed E-state index contributed by atoms with van der Waals surface area (Å²) in [7, 11) is 0. The molecule has 3 N–H and O–H groups in total. The first-order chi connectivity index (χ1) is 9.30. The number of nitrogens with one attached hydrogen (secondary N) is 2. The maximum Gasteiger partial charge on any atom is 0.303 e. The van der Waals surface area contributed by atoms with Crippen LogP contribution < -0.4 is 5.32 Å². The summed E-state index contributed by atoms with van der Waals surface area (Å²) in [4.78, 5) is 22.4. The molecular weight excluding hydrogens is 258 g/mol. The largest absolute Gasteiger partial charge is 0.481 e. The first-order valence-corrected chi connectivity index (χ1v) is 6.79. The van der Waals surface area contributed by atoms with Crippen LogP contribution in [0.1, 0.15) is 50.4 Å². The second-order valence-corrected chi connectivity index (χ2v) is 6.03. The molecule has 1 aromatic rings. The summed E-state index contributed by atoms with van der Waals surface area (Å²) in [6.07, 6.45) is 4.57. The third-order valence-electron chi connectivity index (χ3n) is 3.47. The molecule has 6 nitrogen and oxygen atoms in total. The zero-order valence-corrected chi connectivity index (χ0v) is 12.3. The fraction of sp³-hybridized carbons (Fsp3) is 0.643. The van der Waals surface area contributed by atoms with E-state index >= 15 is 0 Å². The lowest BCUT2D eigenvalue weighted by molar-refractivity contribution is -0.137. The van der Waals surface area contributed by atoms with Crippen LogP contribution in [-0.2, 0) is 4.79 Å². The Morgan fingerprint density at radius 1 is 1.40 bits per heavy atom. The van der Waals surface area contributed by atoms with Crippen molar-refractivity contribution in [3.63, 3.8) is 0 Å². The summed E-state index contributed by atoms with van der Waals surface area (Å²) in [5.74, 6) is -0.686. The van der Waals surface area contributed by atoms with Gasteiger partial charge in [0.1, 0.15) is 0 Å². The van der Waals surface area contributed by atoms with Crippen molar-refractivity contribution < 1.29 is 14.7 Å². The molecule has 20 heavy (non-hydrogen) atoms. The van der Waals surface area contributed by atoms with Crippen molar-refractivity contribution in [2.24, 2.45) is 11.3 Å². The Morgan fingerprint density at radius 2 is 2.10 bits per heavy atom. The molecule has 1 atom stereocenters. The van der Waals surface area contributed by atoms with Crippen molar-refractivity contribution in [2.75, 3.05) is 6.54 Å². The minimum Gasteiger partial charge on any atom is -0.481 e. The van der Waals surface area contributed by atoms with E-state index < -0.39 is 5.97 Å². The van der Waals surface area contributed by atoms with Gasteiger partial charge in [-0.15, -0.1) is 0 Å². The van der Waals surface area contributed by atoms with Crippen LogP contribution in [0.4, 0.5) is 0 Å². The fourth-order valence-electron chi connectivity index (χ4n) is 2.15. The van der Waals surface area contributed by atoms with Crippen molar-refractivity contribution in [1.29, 1.82) is 0 Å². The predicted octanol–water partition coefficient (Wildman–Crippen LogP) is 2.06. The van der Waals surface area contributed by atoms with Crippen LogP contribution in [0.15, 0.2) is 12.4 Å². The molecule has 0 fully saturated rings. The normalized spacial score (nSPS) is 12.9. The first-order valence-electron chi connectivity index (χ1n) is 6.79. The van der Waals surface area contributed by atoms with Crippen LogP contribution in [0.2, 0.25) is 0 Å². The number of aromatic nitrogens is 2. The fourth-order valence-corrected chi connectivity index (χ4v) is 2.15. The van der Waals surface area contributed by atoms with Crippen molar-refractivity contribution in [3.8, 4) is 0 Å². The second-order valence-electron chi connectivity index (χ2n) is 6.03. The molecule has 1 amide bonds. The predicted molar refractivity (Wildman–Crippen MR) is 75.4 cm³/mol. The van der Waals surface area contributed by atoms with Gasteiger partial charge >= 0.3 is 5.97 Å². The highest BCUT2D eigenvalue weighted by molar-refractivity contribution is 5.93. The first kappa shape index (κ1) is 16.2. The van der Waals surface area contributed by atoms with E-state index in [1.165, 1.54) is 6.20 Å². The summed E-state index contributed by atoms with van der Waals surface area (Å²) in [6, 6.07) is 0. The second kappa shape index (κ2) is 7.07. The molecule has 0 aliphatic heterocycles. The lowest BCUT2D eigenvalue weighted by Crippen LogP contribution is -2.29. The molecular formula is C14H23N3O3. The number of hydrogen-bond acceptors (Lipinski definition) is 3. The molecule has 0 saturated heterocycles. The molecule has 0 spiro atoms. The Bertz CT molecular complexity index is 435. The van der Waals surface area contributed by atoms with Gasteiger partial charge < -0.3 is 10.4 Å². The van der Waals surface area contributed by atoms with Crippen molar-refractivity contribution >= 4 is 11.9 Å². The number of carbonyl (C=O) groups is 2. The number of carboxylic acid groups (broad SMARTS) is 1. The van der Waals surface area contributed by atoms with E-state index in [1.807, 2.05) is 0 Å². The molecule has 1 rings (SSSR count). The lowest BCUT2D eigenvalue weighted by atomic mass is 9.76. The molecule has 0 radical (unpaired) electrons. The van der Waals surface area contributed by atoms with Gasteiger partial charge in [0, 0.05) is 19.2 Å². The minimum atomic E-state index is -0.776. The number of nitrogens with zero attached hydrogens (tertiary/aromatic N) is 1. The third-order valence-corrected chi connectivity index (χ3v) is 3.47. The summed E-state index contributed by atoms with van der Waals surface area (Å²) < 4.78 is 0. The minimum absolute atomic E-state index is 0.0236. The Kier molecular flexibility index (Phi) is 5.73. The standard InChI is InChI=1S/C14H23N3O3/c1-14(2,3)11(4-5-12(18)19)6-7-15-13(20)10-8-16-17-9-10/h8-9,11H,4-7H2,1-3H3,(H,15,20)(H,16,17)(H,18,19). The number of H-pyrrole nitrogens is 1. The molecule has 0 aliphatic carbocycles. The Hall–Kier alpha value is -1.85. The molecule has 0 saturated carbocycles. The number of rotatable bonds is 7. The van der Waals surface area contributed by atoms with Crippen molar-refractivity contribution in [3.05, 3.63) is 18.0 Å². The van der Waals surface area contributed by atoms with Gasteiger partial charge in [0.15, 0.2) is 0 Å². The molecule has 1 aromatic heterocycles. The van der Waals surface area contributed by atoms with E-state index in [2.05, 4.69) is 36.3 Å². The number of carboxylic acids is 1. The summed E-state index contributed by atoms with van der Waals surface area (Å²) in [5.41, 5.74) is 0.526. The molecule has 112 valence electrons. The average molecular weight is 281 g/mol. The molecule has 0 bridgehead atoms. The SMILES string of the molecule is CC(C)(C)C(CCNC(=O)c1cn[nH]c1)CCC(=O)O. The maximum atomic E-state index is 11.7. The number of aliphatic carboxylic acids is 1. The van der Waals surface area contributed by atoms with Gasteiger partial charge in [0.25, 0.3) is 5.91 Å². The van der Waals surface area contributed by atoms with Crippen LogP contribution in [-0.4, -0.2) is 33.7 Å². The van der Waals surface area contributed by atoms with E-state index in [1.54, 1.807) is 6.20 Å². The zero-order valence-electron chi connectivity index (χ0n) is 12.3. The molecule has 1 unspecified atom stereocenters. The van der Waals surface area contributed by atoms with Crippen molar-refractivity contribution in [1.82, 2.24) is 15.5 Å². The molecule has 0 aromatic carbocycles. The van der Waals surface area contributed by atoms with Gasteiger partial charge in [0.2, 0.25) is 0 Å². The van der Waals surface area contributed by atoms with Crippen LogP contribution in [0.5, 0.6) is 0 Å². The van der Waals surface area contributed by atoms with E-state index in [4.69, 9.17) is 5.11 Å². The average Bonchev–Trinajstić information content (AvgIpc) is 2.84. The highest BCUT2D eigenvalue weighted by Gasteiger charge is 2.24. The number of carbonyl (C=O) groups excluding carboxylic acids is 1. The van der Waals surface area contributed by atoms with E-state index in [-0.39, 0.29) is 23.7 Å². The highest BCUT2D eigenvalue weighted by Crippen LogP contribution is 2.32. The van der Waals surface area contributed by atoms with Gasteiger partial charge in [0.05, 0.1) is 11.8 Å². The number of hydrogen-bond donors (Lipinski definition) is 3. The highest BCUT2D eigenvalue weighted by atomic mass is 16.4. The summed E-state index contributed by atoms with van der Waals surface area (Å²) in [5, 5.41) is 17.9. The van der Waals surface area contributed by atoms with Gasteiger partial charge in [-0.1, -0.05) is 20.8 Å². The van der Waals surface area contributed by atoms with Gasteiger partial charge in [-0.3, -0.25) is 14.7 Å². The monoisotopic (exact) mass is 281 g/mol. The van der Waals surface area contributed by atoms with E-state index in [9.17, 15) is 9.59 Å². The Labute approximate surface area is 119 Å². The lowest BCUT2D eigenvalue weighted by Gasteiger charge is -2.30. The van der Waals surface area contributed by atoms with E-state index in [0.29, 0.717) is 18.5 Å². The van der Waals surface area contributed by atoms with Gasteiger partial charge in [-0.05, 0) is 24.2 Å². The Morgan fingerprint density at radius 3 is 2.60 bits per heavy atom. The third kappa shape index (κ3) is 5.42. The zero-order chi connectivity index (χ0) is 15.2. The number of aromatic amines is 1. The van der Waals surface area contributed by atoms with Crippen LogP contribution in [0.3, 0.4) is 0 Å². The van der Waals surface area contributed by atoms with Gasteiger partial charge in [-0.25, -0.2) is 0 Å². The topological polar surface area (TPSA) is 95.1 Å². The van der Waals surface area contributed by atoms with E-state index in [0.717, 1.165) is 6.42 Å². The van der Waals surface area contributed by atoms with Crippen LogP contribution in [0, 0.1) is 11.3 Å². The maximum absolute atomic E-state index is 11.7. The van der Waals surface area contributed by atoms with Gasteiger partial charge in [-0.2, -0.15) is 5.10 Å². The number of amides is 1. The van der Waals surface area contributed by atoms with Crippen molar-refractivity contribution in [2.45, 2.75) is 40.0 Å². The Balaban J connectivity index is 2.42. The molecule has 6 heteroatoms. The molecule has 0 aliphatic rings. The summed E-state index contributed by atoms with van der Waals surface area (Å²) in [6.45, 7) is 6.82. The molecule has 1 heterocycles. The smallest absolute Gasteiger partial charge is 0.303 e. The quantitative estimate of drug-likeness (QED) is 0.713.